The van der Waals surface area contributed by atoms with Gasteiger partial charge in [0.25, 0.3) is 5.91 Å². The fourth-order valence-corrected chi connectivity index (χ4v) is 2.45. The van der Waals surface area contributed by atoms with E-state index in [9.17, 15) is 14.4 Å². The molecule has 1 aliphatic heterocycles. The van der Waals surface area contributed by atoms with Gasteiger partial charge in [0.2, 0.25) is 12.0 Å². The van der Waals surface area contributed by atoms with Crippen molar-refractivity contribution in [2.24, 2.45) is 5.73 Å². The van der Waals surface area contributed by atoms with Crippen molar-refractivity contribution in [1.29, 1.82) is 0 Å². The van der Waals surface area contributed by atoms with E-state index in [1.807, 2.05) is 0 Å². The number of carbonyl (C=O) groups is 3. The largest absolute Gasteiger partial charge is 0.446 e. The summed E-state index contributed by atoms with van der Waals surface area (Å²) >= 11 is 0. The Morgan fingerprint density at radius 3 is 2.59 bits per heavy atom. The zero-order valence-corrected chi connectivity index (χ0v) is 12.4. The molecule has 2 rings (SSSR count). The first-order chi connectivity index (χ1) is 10.6. The number of amides is 2. The van der Waals surface area contributed by atoms with Gasteiger partial charge in [0.1, 0.15) is 6.54 Å². The van der Waals surface area contributed by atoms with Crippen molar-refractivity contribution < 1.29 is 19.1 Å². The van der Waals surface area contributed by atoms with E-state index in [1.165, 1.54) is 4.90 Å². The van der Waals surface area contributed by atoms with Crippen LogP contribution in [0.3, 0.4) is 0 Å². The third-order valence-electron chi connectivity index (χ3n) is 3.60. The predicted molar refractivity (Wildman–Crippen MR) is 79.5 cm³/mol. The first-order valence-electron chi connectivity index (χ1n) is 7.39. The molecule has 1 heterocycles. The van der Waals surface area contributed by atoms with Crippen LogP contribution < -0.4 is 5.73 Å². The molecular formula is C16H20N2O4. The predicted octanol–water partition coefficient (Wildman–Crippen LogP) is 1.16. The highest BCUT2D eigenvalue weighted by Gasteiger charge is 2.25. The Bertz CT molecular complexity index is 544. The standard InChI is InChI=1S/C16H20N2O4/c17-16(21)15(12-7-3-1-4-8-12)22-14(20)11-18-10-6-2-5-9-13(18)19/h1,3-4,7-8,15H,2,5-6,9-11H2,(H2,17,21)/t15-/m0/s1. The molecule has 1 aromatic carbocycles. The van der Waals surface area contributed by atoms with Crippen molar-refractivity contribution in [1.82, 2.24) is 4.90 Å². The number of primary amides is 1. The van der Waals surface area contributed by atoms with Gasteiger partial charge < -0.3 is 15.4 Å². The summed E-state index contributed by atoms with van der Waals surface area (Å²) < 4.78 is 5.18. The van der Waals surface area contributed by atoms with Crippen molar-refractivity contribution in [3.63, 3.8) is 0 Å². The molecule has 1 aromatic rings. The zero-order chi connectivity index (χ0) is 15.9. The van der Waals surface area contributed by atoms with Gasteiger partial charge in [-0.05, 0) is 12.8 Å². The maximum Gasteiger partial charge on any atom is 0.326 e. The van der Waals surface area contributed by atoms with Gasteiger partial charge in [0.05, 0.1) is 0 Å². The number of esters is 1. The lowest BCUT2D eigenvalue weighted by atomic mass is 10.1. The number of hydrogen-bond donors (Lipinski definition) is 1. The van der Waals surface area contributed by atoms with Gasteiger partial charge in [0.15, 0.2) is 0 Å². The highest BCUT2D eigenvalue weighted by atomic mass is 16.5. The number of nitrogens with zero attached hydrogens (tertiary/aromatic N) is 1. The van der Waals surface area contributed by atoms with Gasteiger partial charge in [-0.2, -0.15) is 0 Å². The van der Waals surface area contributed by atoms with Crippen molar-refractivity contribution in [3.8, 4) is 0 Å². The molecule has 1 aliphatic rings. The number of benzene rings is 1. The van der Waals surface area contributed by atoms with Crippen LogP contribution in [0.25, 0.3) is 0 Å². The van der Waals surface area contributed by atoms with Crippen molar-refractivity contribution in [2.45, 2.75) is 31.8 Å². The maximum atomic E-state index is 12.0. The molecule has 6 heteroatoms. The van der Waals surface area contributed by atoms with Crippen LogP contribution in [0.2, 0.25) is 0 Å². The molecule has 0 aliphatic carbocycles. The van der Waals surface area contributed by atoms with Gasteiger partial charge in [0, 0.05) is 18.5 Å². The summed E-state index contributed by atoms with van der Waals surface area (Å²) in [5.41, 5.74) is 5.82. The van der Waals surface area contributed by atoms with Gasteiger partial charge in [-0.1, -0.05) is 36.8 Å². The summed E-state index contributed by atoms with van der Waals surface area (Å²) in [6, 6.07) is 8.59. The molecule has 0 saturated carbocycles. The van der Waals surface area contributed by atoms with Crippen LogP contribution in [-0.4, -0.2) is 35.8 Å². The average Bonchev–Trinajstić information content (AvgIpc) is 2.70. The first kappa shape index (κ1) is 16.0. The minimum atomic E-state index is -1.13. The smallest absolute Gasteiger partial charge is 0.326 e. The lowest BCUT2D eigenvalue weighted by Crippen LogP contribution is -2.37. The Morgan fingerprint density at radius 1 is 1.18 bits per heavy atom. The molecule has 22 heavy (non-hydrogen) atoms. The molecule has 1 saturated heterocycles. The van der Waals surface area contributed by atoms with Gasteiger partial charge in [-0.25, -0.2) is 0 Å². The third kappa shape index (κ3) is 4.31. The maximum absolute atomic E-state index is 12.0. The van der Waals surface area contributed by atoms with E-state index in [4.69, 9.17) is 10.5 Å². The SMILES string of the molecule is NC(=O)[C@@H](OC(=O)CN1CCCCCC1=O)c1ccccc1. The molecule has 2 N–H and O–H groups in total. The highest BCUT2D eigenvalue weighted by molar-refractivity contribution is 5.86. The molecule has 0 spiro atoms. The van der Waals surface area contributed by atoms with E-state index in [1.54, 1.807) is 30.3 Å². The van der Waals surface area contributed by atoms with E-state index in [0.29, 0.717) is 18.5 Å². The highest BCUT2D eigenvalue weighted by Crippen LogP contribution is 2.18. The van der Waals surface area contributed by atoms with Crippen molar-refractivity contribution >= 4 is 17.8 Å². The molecule has 2 amide bonds. The second-order valence-electron chi connectivity index (χ2n) is 5.31. The Morgan fingerprint density at radius 2 is 1.91 bits per heavy atom. The summed E-state index contributed by atoms with van der Waals surface area (Å²) in [4.78, 5) is 36.9. The normalized spacial score (nSPS) is 16.7. The van der Waals surface area contributed by atoms with E-state index < -0.39 is 18.0 Å². The van der Waals surface area contributed by atoms with Crippen molar-refractivity contribution in [3.05, 3.63) is 35.9 Å². The van der Waals surface area contributed by atoms with Crippen LogP contribution in [0.15, 0.2) is 30.3 Å². The molecule has 0 bridgehead atoms. The summed E-state index contributed by atoms with van der Waals surface area (Å²) in [5.74, 6) is -1.41. The lowest BCUT2D eigenvalue weighted by Gasteiger charge is -2.21. The number of rotatable bonds is 5. The van der Waals surface area contributed by atoms with Crippen LogP contribution >= 0.6 is 0 Å². The Balaban J connectivity index is 1.99. The number of likely N-dealkylation sites (tertiary alicyclic amines) is 1. The van der Waals surface area contributed by atoms with Gasteiger partial charge >= 0.3 is 5.97 Å². The third-order valence-corrected chi connectivity index (χ3v) is 3.60. The molecule has 1 fully saturated rings. The second kappa shape index (κ2) is 7.59. The van der Waals surface area contributed by atoms with E-state index in [-0.39, 0.29) is 12.5 Å². The number of carbonyl (C=O) groups excluding carboxylic acids is 3. The molecule has 0 unspecified atom stereocenters. The number of nitrogens with two attached hydrogens (primary N) is 1. The molecule has 1 atom stereocenters. The minimum Gasteiger partial charge on any atom is -0.446 e. The van der Waals surface area contributed by atoms with E-state index in [0.717, 1.165) is 19.3 Å². The van der Waals surface area contributed by atoms with Crippen LogP contribution in [0.4, 0.5) is 0 Å². The average molecular weight is 304 g/mol. The molecule has 0 aromatic heterocycles. The summed E-state index contributed by atoms with van der Waals surface area (Å²) in [7, 11) is 0. The molecular weight excluding hydrogens is 284 g/mol. The molecule has 0 radical (unpaired) electrons. The molecule has 118 valence electrons. The number of ether oxygens (including phenoxy) is 1. The van der Waals surface area contributed by atoms with Crippen LogP contribution in [0, 0.1) is 0 Å². The van der Waals surface area contributed by atoms with Crippen molar-refractivity contribution in [2.75, 3.05) is 13.1 Å². The van der Waals surface area contributed by atoms with Crippen LogP contribution in [-0.2, 0) is 19.1 Å². The minimum absolute atomic E-state index is 0.0511. The Hall–Kier alpha value is -2.37. The first-order valence-corrected chi connectivity index (χ1v) is 7.39. The lowest BCUT2D eigenvalue weighted by molar-refractivity contribution is -0.158. The zero-order valence-electron chi connectivity index (χ0n) is 12.4. The number of hydrogen-bond acceptors (Lipinski definition) is 4. The van der Waals surface area contributed by atoms with Gasteiger partial charge in [-0.15, -0.1) is 0 Å². The van der Waals surface area contributed by atoms with Gasteiger partial charge in [-0.3, -0.25) is 14.4 Å². The van der Waals surface area contributed by atoms with E-state index in [2.05, 4.69) is 0 Å². The summed E-state index contributed by atoms with van der Waals surface area (Å²) in [6.45, 7) is 0.399. The quantitative estimate of drug-likeness (QED) is 0.827. The topological polar surface area (TPSA) is 89.7 Å². The van der Waals surface area contributed by atoms with E-state index >= 15 is 0 Å². The monoisotopic (exact) mass is 304 g/mol. The van der Waals surface area contributed by atoms with Crippen LogP contribution in [0.1, 0.15) is 37.4 Å². The Kier molecular flexibility index (Phi) is 5.52. The molecule has 6 nitrogen and oxygen atoms in total. The fraction of sp³-hybridized carbons (Fsp3) is 0.438. The fourth-order valence-electron chi connectivity index (χ4n) is 2.45. The summed E-state index contributed by atoms with van der Waals surface area (Å²) in [5, 5.41) is 0. The van der Waals surface area contributed by atoms with Crippen LogP contribution in [0.5, 0.6) is 0 Å². The Labute approximate surface area is 129 Å². The summed E-state index contributed by atoms with van der Waals surface area (Å²) in [6.07, 6.45) is 2.02. The second-order valence-corrected chi connectivity index (χ2v) is 5.31.